The van der Waals surface area contributed by atoms with Crippen LogP contribution in [0, 0.1) is 15.9 Å². The Morgan fingerprint density at radius 3 is 2.68 bits per heavy atom. The maximum atomic E-state index is 13.5. The number of carbonyl (C=O) groups excluding carboxylic acids is 1. The van der Waals surface area contributed by atoms with Gasteiger partial charge in [0.25, 0.3) is 5.91 Å². The third-order valence-electron chi connectivity index (χ3n) is 2.17. The molecule has 0 bridgehead atoms. The molecule has 0 unspecified atom stereocenters. The van der Waals surface area contributed by atoms with Gasteiger partial charge in [0, 0.05) is 10.5 Å². The monoisotopic (exact) mass is 344 g/mol. The van der Waals surface area contributed by atoms with E-state index in [4.69, 9.17) is 0 Å². The summed E-state index contributed by atoms with van der Waals surface area (Å²) in [5.74, 6) is -1.17. The molecule has 1 heterocycles. The van der Waals surface area contributed by atoms with Crippen molar-refractivity contribution < 1.29 is 14.1 Å². The molecule has 0 aliphatic rings. The molecule has 1 amide bonds. The molecule has 0 spiro atoms. The average Bonchev–Trinajstić information content (AvgIpc) is 2.82. The van der Waals surface area contributed by atoms with Crippen molar-refractivity contribution >= 4 is 43.9 Å². The van der Waals surface area contributed by atoms with E-state index in [0.29, 0.717) is 4.47 Å². The topological polar surface area (TPSA) is 72.2 Å². The van der Waals surface area contributed by atoms with Crippen molar-refractivity contribution in [3.05, 3.63) is 55.6 Å². The average molecular weight is 345 g/mol. The lowest BCUT2D eigenvalue weighted by atomic mass is 10.3. The molecular formula is C11H6BrFN2O3S. The first-order valence-electron chi connectivity index (χ1n) is 4.98. The van der Waals surface area contributed by atoms with E-state index in [2.05, 4.69) is 21.2 Å². The zero-order valence-electron chi connectivity index (χ0n) is 9.22. The Bertz CT molecular complexity index is 659. The first kappa shape index (κ1) is 13.6. The van der Waals surface area contributed by atoms with E-state index in [9.17, 15) is 19.3 Å². The van der Waals surface area contributed by atoms with Gasteiger partial charge in [-0.15, -0.1) is 0 Å². The fraction of sp³-hybridized carbons (Fsp3) is 0. The summed E-state index contributed by atoms with van der Waals surface area (Å²) in [5, 5.41) is 12.7. The van der Waals surface area contributed by atoms with Gasteiger partial charge in [-0.1, -0.05) is 27.3 Å². The minimum Gasteiger partial charge on any atom is -0.319 e. The van der Waals surface area contributed by atoms with Crippen LogP contribution in [0.5, 0.6) is 0 Å². The Morgan fingerprint density at radius 2 is 2.11 bits per heavy atom. The Kier molecular flexibility index (Phi) is 3.91. The largest absolute Gasteiger partial charge is 0.324 e. The van der Waals surface area contributed by atoms with Gasteiger partial charge >= 0.3 is 5.00 Å². The number of carbonyl (C=O) groups is 1. The lowest BCUT2D eigenvalue weighted by molar-refractivity contribution is -0.380. The molecule has 0 aliphatic heterocycles. The van der Waals surface area contributed by atoms with Gasteiger partial charge in [-0.3, -0.25) is 14.9 Å². The Hall–Kier alpha value is -1.80. The Balaban J connectivity index is 2.18. The van der Waals surface area contributed by atoms with E-state index in [1.54, 1.807) is 6.07 Å². The fourth-order valence-corrected chi connectivity index (χ4v) is 2.37. The summed E-state index contributed by atoms with van der Waals surface area (Å²) >= 11 is 3.84. The van der Waals surface area contributed by atoms with E-state index in [0.717, 1.165) is 11.3 Å². The smallest absolute Gasteiger partial charge is 0.319 e. The maximum absolute atomic E-state index is 13.5. The molecule has 1 N–H and O–H groups in total. The number of amides is 1. The fourth-order valence-electron chi connectivity index (χ4n) is 1.32. The number of hydrogen-bond donors (Lipinski definition) is 1. The van der Waals surface area contributed by atoms with Crippen LogP contribution >= 0.6 is 27.3 Å². The first-order chi connectivity index (χ1) is 8.97. The Morgan fingerprint density at radius 1 is 1.37 bits per heavy atom. The number of hydrogen-bond acceptors (Lipinski definition) is 4. The normalized spacial score (nSPS) is 10.2. The van der Waals surface area contributed by atoms with Crippen LogP contribution < -0.4 is 5.32 Å². The summed E-state index contributed by atoms with van der Waals surface area (Å²) in [6.45, 7) is 0. The molecule has 8 heteroatoms. The van der Waals surface area contributed by atoms with Crippen LogP contribution in [0.15, 0.2) is 34.8 Å². The molecule has 5 nitrogen and oxygen atoms in total. The molecule has 1 aromatic carbocycles. The summed E-state index contributed by atoms with van der Waals surface area (Å²) in [4.78, 5) is 21.9. The minimum atomic E-state index is -0.589. The van der Waals surface area contributed by atoms with Gasteiger partial charge in [0.2, 0.25) is 0 Å². The lowest BCUT2D eigenvalue weighted by Crippen LogP contribution is -2.11. The van der Waals surface area contributed by atoms with Crippen molar-refractivity contribution in [1.29, 1.82) is 0 Å². The quantitative estimate of drug-likeness (QED) is 0.679. The van der Waals surface area contributed by atoms with Crippen molar-refractivity contribution in [1.82, 2.24) is 0 Å². The summed E-state index contributed by atoms with van der Waals surface area (Å²) in [6.07, 6.45) is 0. The highest BCUT2D eigenvalue weighted by atomic mass is 79.9. The zero-order valence-corrected chi connectivity index (χ0v) is 11.6. The molecule has 19 heavy (non-hydrogen) atoms. The molecule has 98 valence electrons. The summed E-state index contributed by atoms with van der Waals surface area (Å²) in [7, 11) is 0. The number of halogens is 2. The van der Waals surface area contributed by atoms with Crippen LogP contribution in [0.2, 0.25) is 0 Å². The highest BCUT2D eigenvalue weighted by Gasteiger charge is 2.16. The van der Waals surface area contributed by atoms with E-state index in [-0.39, 0.29) is 15.6 Å². The van der Waals surface area contributed by atoms with Crippen molar-refractivity contribution in [2.45, 2.75) is 0 Å². The number of nitro groups is 1. The van der Waals surface area contributed by atoms with Crippen molar-refractivity contribution in [2.75, 3.05) is 5.32 Å². The predicted molar refractivity (Wildman–Crippen MR) is 73.0 cm³/mol. The number of nitrogens with one attached hydrogen (secondary N) is 1. The summed E-state index contributed by atoms with van der Waals surface area (Å²) in [6, 6.07) is 6.76. The van der Waals surface area contributed by atoms with Gasteiger partial charge in [-0.2, -0.15) is 0 Å². The summed E-state index contributed by atoms with van der Waals surface area (Å²) in [5.41, 5.74) is 0.0178. The van der Waals surface area contributed by atoms with E-state index >= 15 is 0 Å². The molecule has 0 radical (unpaired) electrons. The lowest BCUT2D eigenvalue weighted by Gasteiger charge is -2.04. The van der Waals surface area contributed by atoms with E-state index in [1.165, 1.54) is 24.3 Å². The van der Waals surface area contributed by atoms with Gasteiger partial charge in [-0.25, -0.2) is 4.39 Å². The number of nitrogens with zero attached hydrogens (tertiary/aromatic N) is 1. The molecule has 0 fully saturated rings. The summed E-state index contributed by atoms with van der Waals surface area (Å²) < 4.78 is 14.1. The first-order valence-corrected chi connectivity index (χ1v) is 6.59. The van der Waals surface area contributed by atoms with Gasteiger partial charge in [0.1, 0.15) is 5.82 Å². The molecular weight excluding hydrogens is 339 g/mol. The van der Waals surface area contributed by atoms with Gasteiger partial charge in [0.05, 0.1) is 15.5 Å². The minimum absolute atomic E-state index is 0.0178. The molecule has 2 rings (SSSR count). The van der Waals surface area contributed by atoms with Crippen LogP contribution in [0.1, 0.15) is 9.67 Å². The van der Waals surface area contributed by atoms with Crippen molar-refractivity contribution in [3.63, 3.8) is 0 Å². The molecule has 0 aliphatic carbocycles. The third-order valence-corrected chi connectivity index (χ3v) is 3.70. The van der Waals surface area contributed by atoms with Crippen LogP contribution in [-0.2, 0) is 0 Å². The van der Waals surface area contributed by atoms with E-state index < -0.39 is 16.6 Å². The van der Waals surface area contributed by atoms with Gasteiger partial charge in [0.15, 0.2) is 0 Å². The highest BCUT2D eigenvalue weighted by molar-refractivity contribution is 9.10. The zero-order chi connectivity index (χ0) is 14.0. The van der Waals surface area contributed by atoms with Crippen LogP contribution in [0.3, 0.4) is 0 Å². The molecule has 0 atom stereocenters. The number of rotatable bonds is 3. The third kappa shape index (κ3) is 3.15. The van der Waals surface area contributed by atoms with Crippen LogP contribution in [0.25, 0.3) is 0 Å². The number of thiophene rings is 1. The Labute approximate surface area is 119 Å². The van der Waals surface area contributed by atoms with E-state index in [1.807, 2.05) is 0 Å². The van der Waals surface area contributed by atoms with Crippen LogP contribution in [-0.4, -0.2) is 10.8 Å². The highest BCUT2D eigenvalue weighted by Crippen LogP contribution is 2.25. The molecule has 0 saturated carbocycles. The SMILES string of the molecule is O=C(Nc1ccc(Br)cc1F)c1ccc([N+](=O)[O-])s1. The number of benzene rings is 1. The van der Waals surface area contributed by atoms with Crippen LogP contribution in [0.4, 0.5) is 15.1 Å². The van der Waals surface area contributed by atoms with Gasteiger partial charge < -0.3 is 5.32 Å². The standard InChI is InChI=1S/C11H6BrFN2O3S/c12-6-1-2-8(7(13)5-6)14-11(16)9-3-4-10(19-9)15(17)18/h1-5H,(H,14,16). The van der Waals surface area contributed by atoms with Crippen molar-refractivity contribution in [3.8, 4) is 0 Å². The second-order valence-corrected chi connectivity index (χ2v) is 5.45. The molecule has 0 saturated heterocycles. The molecule has 2 aromatic rings. The second kappa shape index (κ2) is 5.45. The molecule has 1 aromatic heterocycles. The number of anilines is 1. The maximum Gasteiger partial charge on any atom is 0.324 e. The van der Waals surface area contributed by atoms with Gasteiger partial charge in [-0.05, 0) is 24.3 Å². The predicted octanol–water partition coefficient (Wildman–Crippen LogP) is 3.81. The van der Waals surface area contributed by atoms with Crippen molar-refractivity contribution in [2.24, 2.45) is 0 Å². The second-order valence-electron chi connectivity index (χ2n) is 3.47.